The number of nitrogens with zero attached hydrogens (tertiary/aromatic N) is 2. The van der Waals surface area contributed by atoms with Crippen LogP contribution in [0.1, 0.15) is 20.3 Å². The molecule has 0 aliphatic heterocycles. The molecule has 0 saturated heterocycles. The molecule has 0 saturated carbocycles. The third-order valence-electron chi connectivity index (χ3n) is 2.77. The summed E-state index contributed by atoms with van der Waals surface area (Å²) in [5.74, 6) is -0.244. The lowest BCUT2D eigenvalue weighted by Crippen LogP contribution is -2.41. The molecule has 0 bridgehead atoms. The van der Waals surface area contributed by atoms with Crippen molar-refractivity contribution in [1.82, 2.24) is 5.32 Å². The van der Waals surface area contributed by atoms with Gasteiger partial charge >= 0.3 is 0 Å². The molecule has 4 heteroatoms. The van der Waals surface area contributed by atoms with Gasteiger partial charge in [-0.1, -0.05) is 19.1 Å². The number of hydrogen-bond donors (Lipinski definition) is 1. The average Bonchev–Trinajstić information content (AvgIpc) is 2.40. The maximum Gasteiger partial charge on any atom is 0.146 e. The quantitative estimate of drug-likeness (QED) is 0.807. The van der Waals surface area contributed by atoms with E-state index in [-0.39, 0.29) is 11.9 Å². The summed E-state index contributed by atoms with van der Waals surface area (Å²) in [5, 5.41) is 12.2. The van der Waals surface area contributed by atoms with Crippen molar-refractivity contribution in [2.45, 2.75) is 26.3 Å². The van der Waals surface area contributed by atoms with E-state index >= 15 is 0 Å². The molecule has 1 aromatic rings. The number of rotatable bonds is 7. The highest BCUT2D eigenvalue weighted by Crippen LogP contribution is 2.18. The molecule has 3 nitrogen and oxygen atoms in total. The predicted molar refractivity (Wildman–Crippen MR) is 72.0 cm³/mol. The Hall–Kier alpha value is -1.60. The van der Waals surface area contributed by atoms with Crippen LogP contribution in [-0.4, -0.2) is 25.7 Å². The second kappa shape index (κ2) is 7.67. The zero-order valence-electron chi connectivity index (χ0n) is 11.0. The lowest BCUT2D eigenvalue weighted by molar-refractivity contribution is 0.569. The van der Waals surface area contributed by atoms with E-state index in [1.54, 1.807) is 12.1 Å². The van der Waals surface area contributed by atoms with E-state index in [4.69, 9.17) is 5.26 Å². The van der Waals surface area contributed by atoms with Crippen LogP contribution in [0.3, 0.4) is 0 Å². The van der Waals surface area contributed by atoms with E-state index in [2.05, 4.69) is 18.3 Å². The van der Waals surface area contributed by atoms with Gasteiger partial charge in [-0.25, -0.2) is 4.39 Å². The standard InChI is InChI=1S/C14H20FN3/c1-3-9-17-12(10-16)11-18(4-2)14-8-6-5-7-13(14)15/h5-8,12,17H,3-4,9,11H2,1-2H3. The molecule has 0 heterocycles. The van der Waals surface area contributed by atoms with Crippen LogP contribution in [0.5, 0.6) is 0 Å². The van der Waals surface area contributed by atoms with Gasteiger partial charge in [0.25, 0.3) is 0 Å². The molecule has 18 heavy (non-hydrogen) atoms. The van der Waals surface area contributed by atoms with Crippen molar-refractivity contribution in [3.8, 4) is 6.07 Å². The number of anilines is 1. The van der Waals surface area contributed by atoms with E-state index in [0.717, 1.165) is 13.0 Å². The fourth-order valence-corrected chi connectivity index (χ4v) is 1.80. The number of nitriles is 1. The van der Waals surface area contributed by atoms with Crippen LogP contribution in [0.25, 0.3) is 0 Å². The molecule has 0 aliphatic rings. The minimum atomic E-state index is -0.274. The Morgan fingerprint density at radius 1 is 1.39 bits per heavy atom. The van der Waals surface area contributed by atoms with Crippen LogP contribution in [0, 0.1) is 17.1 Å². The number of likely N-dealkylation sites (N-methyl/N-ethyl adjacent to an activating group) is 1. The summed E-state index contributed by atoms with van der Waals surface area (Å²) in [6.07, 6.45) is 0.976. The maximum atomic E-state index is 13.7. The Balaban J connectivity index is 2.72. The van der Waals surface area contributed by atoms with Crippen molar-refractivity contribution in [2.75, 3.05) is 24.5 Å². The summed E-state index contributed by atoms with van der Waals surface area (Å²) in [4.78, 5) is 1.88. The third kappa shape index (κ3) is 4.01. The smallest absolute Gasteiger partial charge is 0.146 e. The zero-order chi connectivity index (χ0) is 13.4. The molecule has 0 spiro atoms. The van der Waals surface area contributed by atoms with Gasteiger partial charge in [-0.05, 0) is 32.0 Å². The Bertz CT molecular complexity index is 400. The minimum Gasteiger partial charge on any atom is -0.367 e. The first-order valence-electron chi connectivity index (χ1n) is 6.35. The first kappa shape index (κ1) is 14.5. The summed E-state index contributed by atoms with van der Waals surface area (Å²) in [6.45, 7) is 5.98. The first-order chi connectivity index (χ1) is 8.72. The topological polar surface area (TPSA) is 39.1 Å². The van der Waals surface area contributed by atoms with Gasteiger partial charge in [0.1, 0.15) is 11.9 Å². The first-order valence-corrected chi connectivity index (χ1v) is 6.35. The van der Waals surface area contributed by atoms with Crippen molar-refractivity contribution in [3.05, 3.63) is 30.1 Å². The second-order valence-electron chi connectivity index (χ2n) is 4.13. The van der Waals surface area contributed by atoms with Crippen molar-refractivity contribution in [3.63, 3.8) is 0 Å². The SMILES string of the molecule is CCCNC(C#N)CN(CC)c1ccccc1F. The molecule has 1 aromatic carbocycles. The highest BCUT2D eigenvalue weighted by atomic mass is 19.1. The number of hydrogen-bond acceptors (Lipinski definition) is 3. The van der Waals surface area contributed by atoms with Gasteiger partial charge in [0.15, 0.2) is 0 Å². The fourth-order valence-electron chi connectivity index (χ4n) is 1.80. The lowest BCUT2D eigenvalue weighted by Gasteiger charge is -2.26. The molecule has 0 aliphatic carbocycles. The Morgan fingerprint density at radius 3 is 2.67 bits per heavy atom. The van der Waals surface area contributed by atoms with Gasteiger partial charge in [0, 0.05) is 13.1 Å². The molecule has 0 aromatic heterocycles. The van der Waals surface area contributed by atoms with Gasteiger partial charge in [0.05, 0.1) is 11.8 Å². The van der Waals surface area contributed by atoms with E-state index < -0.39 is 0 Å². The van der Waals surface area contributed by atoms with Crippen LogP contribution in [0.4, 0.5) is 10.1 Å². The van der Waals surface area contributed by atoms with Crippen LogP contribution in [0.2, 0.25) is 0 Å². The monoisotopic (exact) mass is 249 g/mol. The van der Waals surface area contributed by atoms with Crippen LogP contribution in [-0.2, 0) is 0 Å². The fraction of sp³-hybridized carbons (Fsp3) is 0.500. The molecule has 1 unspecified atom stereocenters. The summed E-state index contributed by atoms with van der Waals surface area (Å²) < 4.78 is 13.7. The number of nitrogens with one attached hydrogen (secondary N) is 1. The Kier molecular flexibility index (Phi) is 6.16. The van der Waals surface area contributed by atoms with Gasteiger partial charge < -0.3 is 10.2 Å². The van der Waals surface area contributed by atoms with E-state index in [9.17, 15) is 4.39 Å². The number of benzene rings is 1. The molecule has 98 valence electrons. The van der Waals surface area contributed by atoms with Gasteiger partial charge in [-0.3, -0.25) is 0 Å². The van der Waals surface area contributed by atoms with Crippen LogP contribution >= 0.6 is 0 Å². The summed E-state index contributed by atoms with van der Waals surface area (Å²) in [5.41, 5.74) is 0.554. The molecule has 1 rings (SSSR count). The molecule has 1 N–H and O–H groups in total. The van der Waals surface area contributed by atoms with Gasteiger partial charge in [-0.2, -0.15) is 5.26 Å². The molecular formula is C14H20FN3. The minimum absolute atomic E-state index is 0.244. The summed E-state index contributed by atoms with van der Waals surface area (Å²) in [7, 11) is 0. The summed E-state index contributed by atoms with van der Waals surface area (Å²) in [6, 6.07) is 8.61. The highest BCUT2D eigenvalue weighted by Gasteiger charge is 2.14. The number of para-hydroxylation sites is 1. The second-order valence-corrected chi connectivity index (χ2v) is 4.13. The van der Waals surface area contributed by atoms with Gasteiger partial charge in [0.2, 0.25) is 0 Å². The Morgan fingerprint density at radius 2 is 2.11 bits per heavy atom. The molecule has 0 radical (unpaired) electrons. The molecule has 0 amide bonds. The van der Waals surface area contributed by atoms with E-state index in [1.807, 2.05) is 17.9 Å². The zero-order valence-corrected chi connectivity index (χ0v) is 11.0. The highest BCUT2D eigenvalue weighted by molar-refractivity contribution is 5.47. The third-order valence-corrected chi connectivity index (χ3v) is 2.77. The van der Waals surface area contributed by atoms with Gasteiger partial charge in [-0.15, -0.1) is 0 Å². The molecule has 0 fully saturated rings. The van der Waals surface area contributed by atoms with Crippen LogP contribution < -0.4 is 10.2 Å². The van der Waals surface area contributed by atoms with E-state index in [1.165, 1.54) is 6.07 Å². The van der Waals surface area contributed by atoms with Crippen molar-refractivity contribution < 1.29 is 4.39 Å². The molecule has 1 atom stereocenters. The van der Waals surface area contributed by atoms with Crippen molar-refractivity contribution in [1.29, 1.82) is 5.26 Å². The normalized spacial score (nSPS) is 11.9. The van der Waals surface area contributed by atoms with E-state index in [0.29, 0.717) is 18.8 Å². The largest absolute Gasteiger partial charge is 0.367 e. The molecular weight excluding hydrogens is 229 g/mol. The average molecular weight is 249 g/mol. The predicted octanol–water partition coefficient (Wildman–Crippen LogP) is 2.54. The lowest BCUT2D eigenvalue weighted by atomic mass is 10.2. The van der Waals surface area contributed by atoms with Crippen LogP contribution in [0.15, 0.2) is 24.3 Å². The number of halogens is 1. The Labute approximate surface area is 108 Å². The van der Waals surface area contributed by atoms with Crippen molar-refractivity contribution in [2.24, 2.45) is 0 Å². The summed E-state index contributed by atoms with van der Waals surface area (Å²) >= 11 is 0. The van der Waals surface area contributed by atoms with Crippen molar-refractivity contribution >= 4 is 5.69 Å². The maximum absolute atomic E-state index is 13.7.